The third kappa shape index (κ3) is 27.0. The first-order valence-corrected chi connectivity index (χ1v) is 16.3. The van der Waals surface area contributed by atoms with E-state index in [1.165, 1.54) is 77.0 Å². The van der Waals surface area contributed by atoms with E-state index in [0.717, 1.165) is 43.1 Å². The summed E-state index contributed by atoms with van der Waals surface area (Å²) in [5.41, 5.74) is 0. The van der Waals surface area contributed by atoms with E-state index < -0.39 is 13.9 Å². The number of aliphatic hydroxyl groups excluding tert-OH is 1. The van der Waals surface area contributed by atoms with Crippen LogP contribution in [0, 0.1) is 0 Å². The molecule has 0 amide bonds. The molecule has 0 radical (unpaired) electrons. The van der Waals surface area contributed by atoms with E-state index in [1.54, 1.807) is 0 Å². The van der Waals surface area contributed by atoms with Gasteiger partial charge >= 0.3 is 7.82 Å². The summed E-state index contributed by atoms with van der Waals surface area (Å²) in [5.74, 6) is 0. The SMILES string of the molecule is CCCCCCCCCCCCCCCCOCC(CO)OP(=O)(O)OCCCCCC[N+](C)(C)C. The average molecular weight is 539 g/mol. The van der Waals surface area contributed by atoms with Gasteiger partial charge in [-0.2, -0.15) is 0 Å². The summed E-state index contributed by atoms with van der Waals surface area (Å²) >= 11 is 0. The normalized spacial score (nSPS) is 14.7. The van der Waals surface area contributed by atoms with Gasteiger partial charge in [-0.1, -0.05) is 96.8 Å². The monoisotopic (exact) mass is 538 g/mol. The minimum Gasteiger partial charge on any atom is -0.394 e. The molecule has 36 heavy (non-hydrogen) atoms. The van der Waals surface area contributed by atoms with Crippen LogP contribution in [0.15, 0.2) is 0 Å². The molecule has 0 saturated carbocycles. The molecule has 2 atom stereocenters. The predicted octanol–water partition coefficient (Wildman–Crippen LogP) is 7.25. The molecule has 0 spiro atoms. The van der Waals surface area contributed by atoms with Gasteiger partial charge in [0, 0.05) is 6.61 Å². The molecule has 2 N–H and O–H groups in total. The van der Waals surface area contributed by atoms with E-state index in [4.69, 9.17) is 13.8 Å². The summed E-state index contributed by atoms with van der Waals surface area (Å²) in [7, 11) is 2.33. The van der Waals surface area contributed by atoms with Crippen molar-refractivity contribution < 1.29 is 32.8 Å². The van der Waals surface area contributed by atoms with Gasteiger partial charge in [-0.05, 0) is 25.7 Å². The Kier molecular flexibility index (Phi) is 24.1. The molecule has 7 nitrogen and oxygen atoms in total. The zero-order valence-corrected chi connectivity index (χ0v) is 25.2. The quantitative estimate of drug-likeness (QED) is 0.0620. The second-order valence-electron chi connectivity index (χ2n) is 11.3. The van der Waals surface area contributed by atoms with Crippen LogP contribution in [0.3, 0.4) is 0 Å². The maximum absolute atomic E-state index is 12.1. The summed E-state index contributed by atoms with van der Waals surface area (Å²) < 4.78 is 28.8. The highest BCUT2D eigenvalue weighted by Gasteiger charge is 2.26. The molecule has 0 aliphatic carbocycles. The van der Waals surface area contributed by atoms with E-state index in [-0.39, 0.29) is 19.8 Å². The van der Waals surface area contributed by atoms with Crippen LogP contribution < -0.4 is 0 Å². The molecule has 0 aromatic heterocycles. The van der Waals surface area contributed by atoms with Crippen molar-refractivity contribution in [2.45, 2.75) is 129 Å². The Balaban J connectivity index is 3.58. The second kappa shape index (κ2) is 24.1. The van der Waals surface area contributed by atoms with Crippen molar-refractivity contribution in [3.05, 3.63) is 0 Å². The first kappa shape index (κ1) is 36.0. The van der Waals surface area contributed by atoms with Gasteiger partial charge in [0.1, 0.15) is 6.10 Å². The maximum Gasteiger partial charge on any atom is 0.472 e. The third-order valence-corrected chi connectivity index (χ3v) is 7.48. The standard InChI is InChI=1S/C28H60NO6P/c1-5-6-7-8-9-10-11-12-13-14-15-16-18-21-24-33-27-28(26-30)35-36(31,32)34-25-22-19-17-20-23-29(2,3)4/h28,30H,5-27H2,1-4H3/p+1. The largest absolute Gasteiger partial charge is 0.472 e. The Morgan fingerprint density at radius 2 is 1.14 bits per heavy atom. The molecule has 0 rings (SSSR count). The molecule has 0 bridgehead atoms. The molecule has 0 aliphatic rings. The number of hydrogen-bond donors (Lipinski definition) is 2. The zero-order chi connectivity index (χ0) is 27.0. The predicted molar refractivity (Wildman–Crippen MR) is 150 cm³/mol. The van der Waals surface area contributed by atoms with Gasteiger partial charge in [-0.3, -0.25) is 9.05 Å². The second-order valence-corrected chi connectivity index (χ2v) is 12.7. The van der Waals surface area contributed by atoms with Gasteiger partial charge in [0.15, 0.2) is 0 Å². The lowest BCUT2D eigenvalue weighted by Gasteiger charge is -2.23. The summed E-state index contributed by atoms with van der Waals surface area (Å²) in [4.78, 5) is 9.90. The molecule has 0 heterocycles. The Labute approximate surface area is 223 Å². The molecule has 0 aromatic carbocycles. The van der Waals surface area contributed by atoms with Crippen molar-refractivity contribution in [2.24, 2.45) is 0 Å². The Morgan fingerprint density at radius 3 is 1.61 bits per heavy atom. The first-order chi connectivity index (χ1) is 17.2. The molecule has 0 saturated heterocycles. The van der Waals surface area contributed by atoms with Crippen LogP contribution in [0.5, 0.6) is 0 Å². The molecule has 218 valence electrons. The summed E-state index contributed by atoms with van der Waals surface area (Å²) in [6.07, 6.45) is 21.3. The molecule has 0 aromatic rings. The van der Waals surface area contributed by atoms with Crippen LogP contribution in [0.4, 0.5) is 0 Å². The minimum atomic E-state index is -4.18. The van der Waals surface area contributed by atoms with Crippen molar-refractivity contribution in [3.63, 3.8) is 0 Å². The summed E-state index contributed by atoms with van der Waals surface area (Å²) in [6, 6.07) is 0. The number of aliphatic hydroxyl groups is 1. The first-order valence-electron chi connectivity index (χ1n) is 14.8. The van der Waals surface area contributed by atoms with Crippen molar-refractivity contribution in [3.8, 4) is 0 Å². The molecular formula is C28H61NO6P+. The highest BCUT2D eigenvalue weighted by molar-refractivity contribution is 7.47. The highest BCUT2D eigenvalue weighted by Crippen LogP contribution is 2.44. The summed E-state index contributed by atoms with van der Waals surface area (Å²) in [5, 5.41) is 9.46. The smallest absolute Gasteiger partial charge is 0.394 e. The zero-order valence-electron chi connectivity index (χ0n) is 24.3. The summed E-state index contributed by atoms with van der Waals surface area (Å²) in [6.45, 7) is 3.84. The highest BCUT2D eigenvalue weighted by atomic mass is 31.2. The van der Waals surface area contributed by atoms with Crippen LogP contribution in [-0.2, 0) is 18.3 Å². The number of phosphoric ester groups is 1. The van der Waals surface area contributed by atoms with Crippen molar-refractivity contribution >= 4 is 7.82 Å². The number of hydrogen-bond acceptors (Lipinski definition) is 5. The topological polar surface area (TPSA) is 85.2 Å². The molecule has 0 aliphatic heterocycles. The van der Waals surface area contributed by atoms with E-state index in [2.05, 4.69) is 28.1 Å². The van der Waals surface area contributed by atoms with Crippen LogP contribution in [0.1, 0.15) is 122 Å². The van der Waals surface area contributed by atoms with Crippen LogP contribution >= 0.6 is 7.82 Å². The number of nitrogens with zero attached hydrogens (tertiary/aromatic N) is 1. The molecular weight excluding hydrogens is 477 g/mol. The van der Waals surface area contributed by atoms with E-state index in [9.17, 15) is 14.6 Å². The lowest BCUT2D eigenvalue weighted by molar-refractivity contribution is -0.870. The fourth-order valence-corrected chi connectivity index (χ4v) is 5.10. The van der Waals surface area contributed by atoms with E-state index in [0.29, 0.717) is 13.0 Å². The van der Waals surface area contributed by atoms with Crippen molar-refractivity contribution in [1.29, 1.82) is 0 Å². The van der Waals surface area contributed by atoms with Crippen molar-refractivity contribution in [1.82, 2.24) is 0 Å². The number of phosphoric acid groups is 1. The Hall–Kier alpha value is -0.0100. The molecule has 0 fully saturated rings. The van der Waals surface area contributed by atoms with Gasteiger partial charge in [0.05, 0.1) is 47.5 Å². The number of unbranched alkanes of at least 4 members (excludes halogenated alkanes) is 16. The Morgan fingerprint density at radius 1 is 0.694 bits per heavy atom. The minimum absolute atomic E-state index is 0.0912. The Bertz CT molecular complexity index is 515. The lowest BCUT2D eigenvalue weighted by atomic mass is 10.0. The van der Waals surface area contributed by atoms with E-state index in [1.807, 2.05) is 0 Å². The fraction of sp³-hybridized carbons (Fsp3) is 1.00. The van der Waals surface area contributed by atoms with Crippen LogP contribution in [0.2, 0.25) is 0 Å². The van der Waals surface area contributed by atoms with E-state index >= 15 is 0 Å². The van der Waals surface area contributed by atoms with Gasteiger partial charge in [-0.15, -0.1) is 0 Å². The fourth-order valence-electron chi connectivity index (χ4n) is 4.17. The third-order valence-electron chi connectivity index (χ3n) is 6.41. The van der Waals surface area contributed by atoms with Gasteiger partial charge in [0.25, 0.3) is 0 Å². The average Bonchev–Trinajstić information content (AvgIpc) is 2.81. The maximum atomic E-state index is 12.1. The van der Waals surface area contributed by atoms with Gasteiger partial charge in [-0.25, -0.2) is 4.57 Å². The number of ether oxygens (including phenoxy) is 1. The number of quaternary nitrogens is 1. The van der Waals surface area contributed by atoms with Gasteiger partial charge in [0.2, 0.25) is 0 Å². The van der Waals surface area contributed by atoms with Crippen LogP contribution in [-0.4, -0.2) is 74.7 Å². The molecule has 2 unspecified atom stereocenters. The lowest BCUT2D eigenvalue weighted by Crippen LogP contribution is -2.35. The molecule has 8 heteroatoms. The van der Waals surface area contributed by atoms with Gasteiger partial charge < -0.3 is 19.2 Å². The van der Waals surface area contributed by atoms with Crippen molar-refractivity contribution in [2.75, 3.05) is 54.1 Å². The van der Waals surface area contributed by atoms with Crippen LogP contribution in [0.25, 0.3) is 0 Å². The number of rotatable bonds is 28.